The predicted octanol–water partition coefficient (Wildman–Crippen LogP) is 3.47. The van der Waals surface area contributed by atoms with E-state index >= 15 is 0 Å². The van der Waals surface area contributed by atoms with Gasteiger partial charge in [-0.1, -0.05) is 12.1 Å². The van der Waals surface area contributed by atoms with Gasteiger partial charge in [0.15, 0.2) is 6.61 Å². The number of carbonyl (C=O) groups excluding carboxylic acids is 2. The van der Waals surface area contributed by atoms with Gasteiger partial charge >= 0.3 is 5.97 Å². The van der Waals surface area contributed by atoms with Gasteiger partial charge in [-0.2, -0.15) is 0 Å². The van der Waals surface area contributed by atoms with Gasteiger partial charge < -0.3 is 10.1 Å². The number of ether oxygens (including phenoxy) is 1. The van der Waals surface area contributed by atoms with Crippen LogP contribution in [0, 0.1) is 20.8 Å². The molecule has 1 amide bonds. The summed E-state index contributed by atoms with van der Waals surface area (Å²) in [6.07, 6.45) is 0. The molecule has 21 heavy (non-hydrogen) atoms. The van der Waals surface area contributed by atoms with Crippen LogP contribution in [0.15, 0.2) is 30.3 Å². The van der Waals surface area contributed by atoms with Crippen LogP contribution in [-0.4, -0.2) is 18.5 Å². The molecule has 110 valence electrons. The van der Waals surface area contributed by atoms with Crippen LogP contribution >= 0.6 is 11.3 Å². The third kappa shape index (κ3) is 3.92. The number of nitrogens with one attached hydrogen (secondary N) is 1. The van der Waals surface area contributed by atoms with Crippen LogP contribution in [0.25, 0.3) is 0 Å². The number of benzene rings is 1. The van der Waals surface area contributed by atoms with E-state index in [1.54, 1.807) is 6.07 Å². The topological polar surface area (TPSA) is 55.4 Å². The van der Waals surface area contributed by atoms with E-state index in [2.05, 4.69) is 5.32 Å². The van der Waals surface area contributed by atoms with E-state index in [9.17, 15) is 9.59 Å². The predicted molar refractivity (Wildman–Crippen MR) is 83.9 cm³/mol. The van der Waals surface area contributed by atoms with E-state index in [1.165, 1.54) is 11.3 Å². The van der Waals surface area contributed by atoms with E-state index in [0.29, 0.717) is 4.88 Å². The fourth-order valence-electron chi connectivity index (χ4n) is 1.82. The molecule has 0 unspecified atom stereocenters. The third-order valence-electron chi connectivity index (χ3n) is 3.15. The Morgan fingerprint density at radius 1 is 1.14 bits per heavy atom. The minimum absolute atomic E-state index is 0.289. The quantitative estimate of drug-likeness (QED) is 0.880. The number of hydrogen-bond donors (Lipinski definition) is 1. The summed E-state index contributed by atoms with van der Waals surface area (Å²) in [5.74, 6) is -0.811. The molecule has 4 nitrogen and oxygen atoms in total. The molecular formula is C16H17NO3S. The molecule has 0 aliphatic rings. The molecule has 5 heteroatoms. The molecule has 0 spiro atoms. The molecule has 0 fully saturated rings. The molecule has 0 aliphatic carbocycles. The van der Waals surface area contributed by atoms with Crippen molar-refractivity contribution >= 4 is 28.9 Å². The van der Waals surface area contributed by atoms with Crippen molar-refractivity contribution in [2.75, 3.05) is 11.9 Å². The number of anilines is 1. The highest BCUT2D eigenvalue weighted by Gasteiger charge is 2.12. The van der Waals surface area contributed by atoms with Crippen LogP contribution in [0.3, 0.4) is 0 Å². The van der Waals surface area contributed by atoms with E-state index in [-0.39, 0.29) is 12.5 Å². The van der Waals surface area contributed by atoms with Gasteiger partial charge in [-0.3, -0.25) is 4.79 Å². The highest BCUT2D eigenvalue weighted by Crippen LogP contribution is 2.18. The molecule has 0 saturated carbocycles. The van der Waals surface area contributed by atoms with Crippen molar-refractivity contribution in [3.63, 3.8) is 0 Å². The number of amides is 1. The fraction of sp³-hybridized carbons (Fsp3) is 0.250. The lowest BCUT2D eigenvalue weighted by atomic mass is 10.1. The van der Waals surface area contributed by atoms with E-state index in [1.807, 2.05) is 45.0 Å². The van der Waals surface area contributed by atoms with Gasteiger partial charge in [-0.25, -0.2) is 4.79 Å². The normalized spacial score (nSPS) is 10.2. The van der Waals surface area contributed by atoms with Crippen molar-refractivity contribution in [2.45, 2.75) is 20.8 Å². The average molecular weight is 303 g/mol. The summed E-state index contributed by atoms with van der Waals surface area (Å²) in [5.41, 5.74) is 2.84. The Kier molecular flexibility index (Phi) is 4.75. The summed E-state index contributed by atoms with van der Waals surface area (Å²) in [6.45, 7) is 5.54. The number of esters is 1. The third-order valence-corrected chi connectivity index (χ3v) is 4.14. The molecule has 1 heterocycles. The summed E-state index contributed by atoms with van der Waals surface area (Å²) in [6, 6.07) is 9.22. The Labute approximate surface area is 127 Å². The summed E-state index contributed by atoms with van der Waals surface area (Å²) >= 11 is 1.35. The van der Waals surface area contributed by atoms with Crippen molar-refractivity contribution in [3.8, 4) is 0 Å². The van der Waals surface area contributed by atoms with Crippen molar-refractivity contribution in [1.82, 2.24) is 0 Å². The minimum Gasteiger partial charge on any atom is -0.451 e. The van der Waals surface area contributed by atoms with Crippen molar-refractivity contribution in [1.29, 1.82) is 0 Å². The minimum atomic E-state index is -0.468. The van der Waals surface area contributed by atoms with Gasteiger partial charge in [0.2, 0.25) is 0 Å². The maximum atomic E-state index is 11.8. The molecule has 0 aliphatic heterocycles. The number of rotatable bonds is 4. The maximum absolute atomic E-state index is 11.8. The van der Waals surface area contributed by atoms with Gasteiger partial charge in [0, 0.05) is 10.6 Å². The van der Waals surface area contributed by atoms with Gasteiger partial charge in [-0.05, 0) is 50.1 Å². The van der Waals surface area contributed by atoms with Gasteiger partial charge in [0.25, 0.3) is 5.91 Å². The largest absolute Gasteiger partial charge is 0.451 e. The summed E-state index contributed by atoms with van der Waals surface area (Å²) < 4.78 is 5.00. The Morgan fingerprint density at radius 3 is 2.57 bits per heavy atom. The van der Waals surface area contributed by atoms with Crippen molar-refractivity contribution in [3.05, 3.63) is 51.2 Å². The zero-order valence-corrected chi connectivity index (χ0v) is 13.0. The molecule has 1 aromatic carbocycles. The summed E-state index contributed by atoms with van der Waals surface area (Å²) in [4.78, 5) is 25.1. The van der Waals surface area contributed by atoms with Gasteiger partial charge in [0.1, 0.15) is 4.88 Å². The van der Waals surface area contributed by atoms with Crippen LogP contribution in [0.4, 0.5) is 5.69 Å². The Balaban J connectivity index is 1.90. The van der Waals surface area contributed by atoms with Crippen molar-refractivity contribution in [2.24, 2.45) is 0 Å². The molecule has 0 atom stereocenters. The molecular weight excluding hydrogens is 286 g/mol. The number of carbonyl (C=O) groups is 2. The van der Waals surface area contributed by atoms with Crippen LogP contribution in [0.5, 0.6) is 0 Å². The number of hydrogen-bond acceptors (Lipinski definition) is 4. The van der Waals surface area contributed by atoms with Crippen LogP contribution < -0.4 is 5.32 Å². The standard InChI is InChI=1S/C16H17NO3S/c1-10-5-4-6-13(12(10)3)17-15(18)9-20-16(19)14-8-7-11(2)21-14/h4-8H,9H2,1-3H3,(H,17,18). The SMILES string of the molecule is Cc1ccc(C(=O)OCC(=O)Nc2cccc(C)c2C)s1. The lowest BCUT2D eigenvalue weighted by molar-refractivity contribution is -0.119. The highest BCUT2D eigenvalue weighted by atomic mass is 32.1. The Hall–Kier alpha value is -2.14. The average Bonchev–Trinajstić information content (AvgIpc) is 2.88. The zero-order valence-electron chi connectivity index (χ0n) is 12.2. The second-order valence-electron chi connectivity index (χ2n) is 4.78. The van der Waals surface area contributed by atoms with Gasteiger partial charge in [-0.15, -0.1) is 11.3 Å². The lowest BCUT2D eigenvalue weighted by Crippen LogP contribution is -2.21. The number of aryl methyl sites for hydroxylation is 2. The molecule has 2 aromatic rings. The Morgan fingerprint density at radius 2 is 1.90 bits per heavy atom. The zero-order chi connectivity index (χ0) is 15.4. The first-order valence-corrected chi connectivity index (χ1v) is 7.38. The molecule has 1 aromatic heterocycles. The molecule has 2 rings (SSSR count). The monoisotopic (exact) mass is 303 g/mol. The first kappa shape index (κ1) is 15.3. The fourth-order valence-corrected chi connectivity index (χ4v) is 2.58. The first-order chi connectivity index (χ1) is 9.97. The second-order valence-corrected chi connectivity index (χ2v) is 6.07. The molecule has 1 N–H and O–H groups in total. The lowest BCUT2D eigenvalue weighted by Gasteiger charge is -2.10. The highest BCUT2D eigenvalue weighted by molar-refractivity contribution is 7.13. The van der Waals surface area contributed by atoms with Gasteiger partial charge in [0.05, 0.1) is 0 Å². The van der Waals surface area contributed by atoms with E-state index in [0.717, 1.165) is 21.7 Å². The maximum Gasteiger partial charge on any atom is 0.348 e. The van der Waals surface area contributed by atoms with Crippen LogP contribution in [0.2, 0.25) is 0 Å². The molecule has 0 saturated heterocycles. The molecule has 0 radical (unpaired) electrons. The summed E-state index contributed by atoms with van der Waals surface area (Å²) in [5, 5.41) is 2.75. The van der Waals surface area contributed by atoms with E-state index < -0.39 is 5.97 Å². The smallest absolute Gasteiger partial charge is 0.348 e. The Bertz CT molecular complexity index is 676. The number of thiophene rings is 1. The van der Waals surface area contributed by atoms with Crippen molar-refractivity contribution < 1.29 is 14.3 Å². The van der Waals surface area contributed by atoms with Crippen LogP contribution in [-0.2, 0) is 9.53 Å². The van der Waals surface area contributed by atoms with Crippen LogP contribution in [0.1, 0.15) is 25.7 Å². The summed E-state index contributed by atoms with van der Waals surface area (Å²) in [7, 11) is 0. The second kappa shape index (κ2) is 6.54. The first-order valence-electron chi connectivity index (χ1n) is 6.57. The van der Waals surface area contributed by atoms with E-state index in [4.69, 9.17) is 4.74 Å². The molecule has 0 bridgehead atoms.